The fourth-order valence-corrected chi connectivity index (χ4v) is 1.26. The number of nitrogens with zero attached hydrogens (tertiary/aromatic N) is 3. The molecule has 2 aromatic heterocycles. The van der Waals surface area contributed by atoms with Gasteiger partial charge >= 0.3 is 5.97 Å². The van der Waals surface area contributed by atoms with Crippen molar-refractivity contribution >= 4 is 11.6 Å². The van der Waals surface area contributed by atoms with Crippen LogP contribution in [0.25, 0.3) is 5.65 Å². The number of hydrogen-bond donors (Lipinski definition) is 1. The Bertz CT molecular complexity index is 506. The number of carbonyl (C=O) groups is 1. The van der Waals surface area contributed by atoms with E-state index in [1.165, 1.54) is 10.8 Å². The monoisotopic (exact) mass is 207 g/mol. The summed E-state index contributed by atoms with van der Waals surface area (Å²) in [6.45, 7) is 1.49. The number of fused-ring (bicyclic) bond motifs is 1. The van der Waals surface area contributed by atoms with Crippen molar-refractivity contribution in [3.05, 3.63) is 24.0 Å². The van der Waals surface area contributed by atoms with Crippen LogP contribution in [0.5, 0.6) is 5.88 Å². The van der Waals surface area contributed by atoms with Crippen LogP contribution in [0.4, 0.5) is 0 Å². The van der Waals surface area contributed by atoms with Crippen LogP contribution in [-0.2, 0) is 4.79 Å². The number of aryl methyl sites for hydroxylation is 1. The zero-order valence-electron chi connectivity index (χ0n) is 8.04. The van der Waals surface area contributed by atoms with E-state index in [0.717, 1.165) is 5.56 Å². The first kappa shape index (κ1) is 9.45. The minimum atomic E-state index is -1.02. The lowest BCUT2D eigenvalue weighted by atomic mass is 10.3. The molecule has 0 aliphatic carbocycles. The average Bonchev–Trinajstić information content (AvgIpc) is 2.61. The zero-order chi connectivity index (χ0) is 10.8. The van der Waals surface area contributed by atoms with Gasteiger partial charge in [-0.05, 0) is 18.6 Å². The second-order valence-electron chi connectivity index (χ2n) is 3.08. The molecule has 2 rings (SSSR count). The van der Waals surface area contributed by atoms with Gasteiger partial charge in [0, 0.05) is 6.07 Å². The number of rotatable bonds is 3. The minimum absolute atomic E-state index is 0.380. The van der Waals surface area contributed by atoms with Gasteiger partial charge in [-0.3, -0.25) is 0 Å². The number of ether oxygens (including phenoxy) is 1. The largest absolute Gasteiger partial charge is 0.479 e. The molecule has 1 N–H and O–H groups in total. The first-order valence-corrected chi connectivity index (χ1v) is 4.32. The third-order valence-corrected chi connectivity index (χ3v) is 1.83. The highest BCUT2D eigenvalue weighted by atomic mass is 16.5. The van der Waals surface area contributed by atoms with Crippen molar-refractivity contribution < 1.29 is 14.6 Å². The first-order valence-electron chi connectivity index (χ1n) is 4.32. The Morgan fingerprint density at radius 1 is 1.60 bits per heavy atom. The number of carboxylic acids is 1. The Morgan fingerprint density at radius 2 is 2.40 bits per heavy atom. The lowest BCUT2D eigenvalue weighted by molar-refractivity contribution is -0.139. The molecule has 0 aliphatic heterocycles. The van der Waals surface area contributed by atoms with Crippen LogP contribution in [-0.4, -0.2) is 32.3 Å². The Hall–Kier alpha value is -2.11. The SMILES string of the molecule is Cc1cc(OCC(=O)O)n2ncnc2c1. The summed E-state index contributed by atoms with van der Waals surface area (Å²) < 4.78 is 6.54. The van der Waals surface area contributed by atoms with Gasteiger partial charge in [0.15, 0.2) is 12.3 Å². The van der Waals surface area contributed by atoms with Crippen molar-refractivity contribution in [1.29, 1.82) is 0 Å². The van der Waals surface area contributed by atoms with Gasteiger partial charge in [0.1, 0.15) is 6.33 Å². The fourth-order valence-electron chi connectivity index (χ4n) is 1.26. The Morgan fingerprint density at radius 3 is 3.13 bits per heavy atom. The van der Waals surface area contributed by atoms with Gasteiger partial charge in [-0.2, -0.15) is 9.61 Å². The van der Waals surface area contributed by atoms with E-state index in [4.69, 9.17) is 9.84 Å². The summed E-state index contributed by atoms with van der Waals surface area (Å²) in [7, 11) is 0. The highest BCUT2D eigenvalue weighted by Crippen LogP contribution is 2.15. The molecule has 0 fully saturated rings. The lowest BCUT2D eigenvalue weighted by Gasteiger charge is -2.05. The second kappa shape index (κ2) is 3.56. The van der Waals surface area contributed by atoms with Crippen LogP contribution in [0.15, 0.2) is 18.5 Å². The molecule has 0 atom stereocenters. The van der Waals surface area contributed by atoms with Gasteiger partial charge in [-0.1, -0.05) is 0 Å². The minimum Gasteiger partial charge on any atom is -0.479 e. The second-order valence-corrected chi connectivity index (χ2v) is 3.08. The van der Waals surface area contributed by atoms with Gasteiger partial charge < -0.3 is 9.84 Å². The van der Waals surface area contributed by atoms with Gasteiger partial charge in [-0.25, -0.2) is 9.78 Å². The molecule has 0 radical (unpaired) electrons. The molecule has 6 nitrogen and oxygen atoms in total. The Balaban J connectivity index is 2.39. The van der Waals surface area contributed by atoms with E-state index in [1.807, 2.05) is 13.0 Å². The van der Waals surface area contributed by atoms with Crippen molar-refractivity contribution in [2.45, 2.75) is 6.92 Å². The zero-order valence-corrected chi connectivity index (χ0v) is 8.04. The molecule has 6 heteroatoms. The summed E-state index contributed by atoms with van der Waals surface area (Å²) >= 11 is 0. The molecule has 78 valence electrons. The molecule has 15 heavy (non-hydrogen) atoms. The third-order valence-electron chi connectivity index (χ3n) is 1.83. The van der Waals surface area contributed by atoms with E-state index in [0.29, 0.717) is 11.5 Å². The predicted octanol–water partition coefficient (Wildman–Crippen LogP) is 0.501. The van der Waals surface area contributed by atoms with E-state index in [2.05, 4.69) is 10.1 Å². The van der Waals surface area contributed by atoms with Crippen molar-refractivity contribution in [2.75, 3.05) is 6.61 Å². The summed E-state index contributed by atoms with van der Waals surface area (Å²) in [6.07, 6.45) is 1.39. The molecular formula is C9H9N3O3. The predicted molar refractivity (Wildman–Crippen MR) is 50.9 cm³/mol. The van der Waals surface area contributed by atoms with Gasteiger partial charge in [0.25, 0.3) is 0 Å². The maximum absolute atomic E-state index is 10.4. The number of hydrogen-bond acceptors (Lipinski definition) is 4. The van der Waals surface area contributed by atoms with Crippen LogP contribution < -0.4 is 4.74 Å². The maximum Gasteiger partial charge on any atom is 0.341 e. The third kappa shape index (κ3) is 1.88. The number of carboxylic acid groups (broad SMARTS) is 1. The number of pyridine rings is 1. The molecule has 0 bridgehead atoms. The molecule has 0 saturated carbocycles. The topological polar surface area (TPSA) is 76.7 Å². The smallest absolute Gasteiger partial charge is 0.341 e. The van der Waals surface area contributed by atoms with Crippen molar-refractivity contribution in [2.24, 2.45) is 0 Å². The Labute approximate surface area is 85.1 Å². The average molecular weight is 207 g/mol. The molecule has 0 aliphatic rings. The number of aliphatic carboxylic acids is 1. The van der Waals surface area contributed by atoms with E-state index in [9.17, 15) is 4.79 Å². The normalized spacial score (nSPS) is 10.5. The highest BCUT2D eigenvalue weighted by Gasteiger charge is 2.06. The van der Waals surface area contributed by atoms with E-state index in [1.54, 1.807) is 6.07 Å². The van der Waals surface area contributed by atoms with Crippen LogP contribution in [0, 0.1) is 6.92 Å². The molecule has 0 saturated heterocycles. The van der Waals surface area contributed by atoms with E-state index < -0.39 is 12.6 Å². The molecule has 0 unspecified atom stereocenters. The van der Waals surface area contributed by atoms with Crippen molar-refractivity contribution in [1.82, 2.24) is 14.6 Å². The lowest BCUT2D eigenvalue weighted by Crippen LogP contribution is -2.11. The fraction of sp³-hybridized carbons (Fsp3) is 0.222. The summed E-state index contributed by atoms with van der Waals surface area (Å²) in [4.78, 5) is 14.4. The van der Waals surface area contributed by atoms with Gasteiger partial charge in [0.2, 0.25) is 5.88 Å². The standard InChI is InChI=1S/C9H9N3O3/c1-6-2-7-10-5-11-12(7)8(3-6)15-4-9(13)14/h2-3,5H,4H2,1H3,(H,13,14). The van der Waals surface area contributed by atoms with Crippen LogP contribution in [0.3, 0.4) is 0 Å². The quantitative estimate of drug-likeness (QED) is 0.793. The molecule has 0 spiro atoms. The van der Waals surface area contributed by atoms with Gasteiger partial charge in [-0.15, -0.1) is 0 Å². The summed E-state index contributed by atoms with van der Waals surface area (Å²) in [5, 5.41) is 12.4. The van der Waals surface area contributed by atoms with Crippen LogP contribution in [0.2, 0.25) is 0 Å². The van der Waals surface area contributed by atoms with Crippen LogP contribution in [0.1, 0.15) is 5.56 Å². The molecule has 2 aromatic rings. The van der Waals surface area contributed by atoms with Crippen molar-refractivity contribution in [3.63, 3.8) is 0 Å². The molecule has 2 heterocycles. The molecular weight excluding hydrogens is 198 g/mol. The number of aromatic nitrogens is 3. The molecule has 0 aromatic carbocycles. The maximum atomic E-state index is 10.4. The Kier molecular flexibility index (Phi) is 2.24. The van der Waals surface area contributed by atoms with Crippen LogP contribution >= 0.6 is 0 Å². The van der Waals surface area contributed by atoms with E-state index >= 15 is 0 Å². The molecule has 0 amide bonds. The van der Waals surface area contributed by atoms with Gasteiger partial charge in [0.05, 0.1) is 0 Å². The van der Waals surface area contributed by atoms with Crippen molar-refractivity contribution in [3.8, 4) is 5.88 Å². The van der Waals surface area contributed by atoms with E-state index in [-0.39, 0.29) is 0 Å². The first-order chi connectivity index (χ1) is 7.16. The summed E-state index contributed by atoms with van der Waals surface area (Å²) in [6, 6.07) is 3.55. The summed E-state index contributed by atoms with van der Waals surface area (Å²) in [5.41, 5.74) is 1.58. The highest BCUT2D eigenvalue weighted by molar-refractivity contribution is 5.68. The summed E-state index contributed by atoms with van der Waals surface area (Å²) in [5.74, 6) is -0.644.